The average Bonchev–Trinajstić information content (AvgIpc) is 2.77. The molecule has 1 saturated heterocycles. The Morgan fingerprint density at radius 1 is 0.759 bits per heavy atom. The molecule has 0 bridgehead atoms. The maximum Gasteiger partial charge on any atom is 0.0593 e. The van der Waals surface area contributed by atoms with Crippen molar-refractivity contribution in [2.75, 3.05) is 63.9 Å². The summed E-state index contributed by atoms with van der Waals surface area (Å²) in [6.45, 7) is 11.9. The highest BCUT2D eigenvalue weighted by Crippen LogP contribution is 2.47. The van der Waals surface area contributed by atoms with Gasteiger partial charge in [-0.2, -0.15) is 0 Å². The van der Waals surface area contributed by atoms with Gasteiger partial charge in [-0.1, -0.05) is 43.0 Å². The standard InChI is InChI=1S/C24H33N3OS/c1-2-19-28-20-18-26-16-14-25(15-17-26)12-7-13-27-21-8-3-5-10-23(21)29-24-11-6-4-9-22(24)27/h3-6,8-11H,2,7,12-20H2,1H3. The van der Waals surface area contributed by atoms with E-state index in [-0.39, 0.29) is 0 Å². The van der Waals surface area contributed by atoms with E-state index in [1.165, 1.54) is 60.3 Å². The number of ether oxygens (including phenoxy) is 1. The van der Waals surface area contributed by atoms with E-state index in [9.17, 15) is 0 Å². The topological polar surface area (TPSA) is 19.0 Å². The van der Waals surface area contributed by atoms with Crippen molar-refractivity contribution in [3.63, 3.8) is 0 Å². The third-order valence-electron chi connectivity index (χ3n) is 5.75. The summed E-state index contributed by atoms with van der Waals surface area (Å²) in [6, 6.07) is 17.6. The number of piperazine rings is 1. The Kier molecular flexibility index (Phi) is 7.49. The van der Waals surface area contributed by atoms with E-state index in [0.717, 1.165) is 32.7 Å². The molecule has 1 fully saturated rings. The SMILES string of the molecule is CCCOCCN1CCN(CCCN2c3ccccc3Sc3ccccc32)CC1. The zero-order valence-corrected chi connectivity index (χ0v) is 18.4. The summed E-state index contributed by atoms with van der Waals surface area (Å²) in [4.78, 5) is 10.4. The molecular weight excluding hydrogens is 378 g/mol. The van der Waals surface area contributed by atoms with Crippen molar-refractivity contribution < 1.29 is 4.74 Å². The van der Waals surface area contributed by atoms with Crippen molar-refractivity contribution in [1.29, 1.82) is 0 Å². The second kappa shape index (κ2) is 10.5. The minimum absolute atomic E-state index is 0.875. The van der Waals surface area contributed by atoms with Crippen molar-refractivity contribution in [2.45, 2.75) is 29.6 Å². The Balaban J connectivity index is 1.27. The van der Waals surface area contributed by atoms with Crippen molar-refractivity contribution in [3.05, 3.63) is 48.5 Å². The zero-order valence-electron chi connectivity index (χ0n) is 17.6. The molecule has 0 radical (unpaired) electrons. The fourth-order valence-electron chi connectivity index (χ4n) is 4.15. The van der Waals surface area contributed by atoms with Gasteiger partial charge in [0, 0.05) is 55.7 Å². The van der Waals surface area contributed by atoms with Crippen LogP contribution in [0.5, 0.6) is 0 Å². The molecule has 0 saturated carbocycles. The van der Waals surface area contributed by atoms with Crippen molar-refractivity contribution in [2.24, 2.45) is 0 Å². The lowest BCUT2D eigenvalue weighted by Gasteiger charge is -2.36. The summed E-state index contributed by atoms with van der Waals surface area (Å²) >= 11 is 1.89. The van der Waals surface area contributed by atoms with Gasteiger partial charge in [-0.3, -0.25) is 4.90 Å². The molecule has 4 rings (SSSR count). The first-order chi connectivity index (χ1) is 14.3. The molecule has 2 aliphatic rings. The molecule has 0 aromatic heterocycles. The molecule has 156 valence electrons. The van der Waals surface area contributed by atoms with Crippen LogP contribution in [-0.4, -0.2) is 68.8 Å². The summed E-state index contributed by atoms with van der Waals surface area (Å²) < 4.78 is 5.64. The molecule has 4 nitrogen and oxygen atoms in total. The van der Waals surface area contributed by atoms with Gasteiger partial charge < -0.3 is 14.5 Å². The Hall–Kier alpha value is -1.53. The van der Waals surface area contributed by atoms with Gasteiger partial charge in [0.05, 0.1) is 18.0 Å². The molecule has 29 heavy (non-hydrogen) atoms. The number of benzene rings is 2. The zero-order chi connectivity index (χ0) is 19.9. The summed E-state index contributed by atoms with van der Waals surface area (Å²) in [5.41, 5.74) is 2.71. The molecule has 2 aromatic rings. The van der Waals surface area contributed by atoms with Crippen molar-refractivity contribution >= 4 is 23.1 Å². The number of hydrogen-bond acceptors (Lipinski definition) is 5. The fraction of sp³-hybridized carbons (Fsp3) is 0.500. The van der Waals surface area contributed by atoms with Gasteiger partial charge in [0.15, 0.2) is 0 Å². The maximum atomic E-state index is 5.64. The van der Waals surface area contributed by atoms with Crippen molar-refractivity contribution in [1.82, 2.24) is 9.80 Å². The van der Waals surface area contributed by atoms with E-state index in [4.69, 9.17) is 4.74 Å². The Morgan fingerprint density at radius 2 is 1.34 bits per heavy atom. The average molecular weight is 412 g/mol. The van der Waals surface area contributed by atoms with Gasteiger partial charge in [0.25, 0.3) is 0 Å². The molecule has 0 atom stereocenters. The quantitative estimate of drug-likeness (QED) is 0.554. The second-order valence-electron chi connectivity index (χ2n) is 7.84. The van der Waals surface area contributed by atoms with Crippen LogP contribution in [0.3, 0.4) is 0 Å². The maximum absolute atomic E-state index is 5.64. The second-order valence-corrected chi connectivity index (χ2v) is 8.92. The van der Waals surface area contributed by atoms with Gasteiger partial charge in [-0.05, 0) is 43.7 Å². The highest BCUT2D eigenvalue weighted by molar-refractivity contribution is 7.99. The largest absolute Gasteiger partial charge is 0.380 e. The van der Waals surface area contributed by atoms with Crippen LogP contribution in [0.2, 0.25) is 0 Å². The number of para-hydroxylation sites is 2. The smallest absolute Gasteiger partial charge is 0.0593 e. The van der Waals surface area contributed by atoms with Gasteiger partial charge >= 0.3 is 0 Å². The minimum atomic E-state index is 0.875. The first-order valence-electron chi connectivity index (χ1n) is 11.0. The van der Waals surface area contributed by atoms with E-state index >= 15 is 0 Å². The lowest BCUT2D eigenvalue weighted by Crippen LogP contribution is -2.47. The van der Waals surface area contributed by atoms with Crippen LogP contribution in [-0.2, 0) is 4.74 Å². The predicted molar refractivity (Wildman–Crippen MR) is 123 cm³/mol. The van der Waals surface area contributed by atoms with Crippen LogP contribution in [0.15, 0.2) is 58.3 Å². The third-order valence-corrected chi connectivity index (χ3v) is 6.88. The Bertz CT molecular complexity index is 731. The van der Waals surface area contributed by atoms with Crippen LogP contribution < -0.4 is 4.90 Å². The number of rotatable bonds is 9. The molecule has 0 unspecified atom stereocenters. The van der Waals surface area contributed by atoms with E-state index < -0.39 is 0 Å². The Morgan fingerprint density at radius 3 is 1.97 bits per heavy atom. The molecule has 2 heterocycles. The molecule has 5 heteroatoms. The van der Waals surface area contributed by atoms with E-state index in [1.54, 1.807) is 0 Å². The third kappa shape index (κ3) is 5.34. The summed E-state index contributed by atoms with van der Waals surface area (Å²) in [7, 11) is 0. The predicted octanol–water partition coefficient (Wildman–Crippen LogP) is 4.72. The number of hydrogen-bond donors (Lipinski definition) is 0. The van der Waals surface area contributed by atoms with Gasteiger partial charge in [-0.25, -0.2) is 0 Å². The van der Waals surface area contributed by atoms with Crippen LogP contribution in [0.4, 0.5) is 11.4 Å². The van der Waals surface area contributed by atoms with Gasteiger partial charge in [0.1, 0.15) is 0 Å². The first kappa shape index (κ1) is 20.7. The van der Waals surface area contributed by atoms with E-state index in [0.29, 0.717) is 0 Å². The molecule has 0 N–H and O–H groups in total. The van der Waals surface area contributed by atoms with Gasteiger partial charge in [-0.15, -0.1) is 0 Å². The van der Waals surface area contributed by atoms with Gasteiger partial charge in [0.2, 0.25) is 0 Å². The van der Waals surface area contributed by atoms with Crippen molar-refractivity contribution in [3.8, 4) is 0 Å². The number of anilines is 2. The highest BCUT2D eigenvalue weighted by Gasteiger charge is 2.23. The monoisotopic (exact) mass is 411 g/mol. The Labute approximate surface area is 179 Å². The van der Waals surface area contributed by atoms with Crippen LogP contribution >= 0.6 is 11.8 Å². The number of nitrogens with zero attached hydrogens (tertiary/aromatic N) is 3. The number of fused-ring (bicyclic) bond motifs is 2. The molecule has 2 aromatic carbocycles. The normalized spacial score (nSPS) is 17.2. The molecule has 0 amide bonds. The lowest BCUT2D eigenvalue weighted by molar-refractivity contribution is 0.0757. The molecule has 2 aliphatic heterocycles. The summed E-state index contributed by atoms with van der Waals surface area (Å²) in [5.74, 6) is 0. The molecule has 0 spiro atoms. The van der Waals surface area contributed by atoms with E-state index in [1.807, 2.05) is 11.8 Å². The summed E-state index contributed by atoms with van der Waals surface area (Å²) in [5, 5.41) is 0. The highest BCUT2D eigenvalue weighted by atomic mass is 32.2. The first-order valence-corrected chi connectivity index (χ1v) is 11.8. The van der Waals surface area contributed by atoms with Crippen LogP contribution in [0, 0.1) is 0 Å². The minimum Gasteiger partial charge on any atom is -0.380 e. The summed E-state index contributed by atoms with van der Waals surface area (Å²) in [6.07, 6.45) is 2.30. The van der Waals surface area contributed by atoms with Crippen LogP contribution in [0.25, 0.3) is 0 Å². The van der Waals surface area contributed by atoms with Crippen LogP contribution in [0.1, 0.15) is 19.8 Å². The van der Waals surface area contributed by atoms with E-state index in [2.05, 4.69) is 70.2 Å². The molecular formula is C24H33N3OS. The molecule has 0 aliphatic carbocycles. The lowest BCUT2D eigenvalue weighted by atomic mass is 10.2. The fourth-order valence-corrected chi connectivity index (χ4v) is 5.25.